The van der Waals surface area contributed by atoms with Crippen molar-refractivity contribution in [2.75, 3.05) is 20.3 Å². The molecule has 1 N–H and O–H groups in total. The van der Waals surface area contributed by atoms with Gasteiger partial charge in [0, 0.05) is 24.9 Å². The highest BCUT2D eigenvalue weighted by Gasteiger charge is 2.45. The van der Waals surface area contributed by atoms with Crippen LogP contribution in [-0.2, 0) is 9.47 Å². The van der Waals surface area contributed by atoms with Gasteiger partial charge >= 0.3 is 0 Å². The molecule has 1 aliphatic heterocycles. The molecule has 3 aliphatic rings. The van der Waals surface area contributed by atoms with Crippen molar-refractivity contribution in [2.24, 2.45) is 0 Å². The van der Waals surface area contributed by atoms with E-state index in [1.165, 1.54) is 0 Å². The summed E-state index contributed by atoms with van der Waals surface area (Å²) in [6, 6.07) is 0.880. The van der Waals surface area contributed by atoms with Gasteiger partial charge in [0.15, 0.2) is 5.79 Å². The maximum Gasteiger partial charge on any atom is 0.168 e. The molecular formula is C15H27NO3. The molecule has 0 aromatic carbocycles. The molecule has 0 amide bonds. The zero-order chi connectivity index (χ0) is 13.5. The van der Waals surface area contributed by atoms with Crippen LogP contribution in [-0.4, -0.2) is 53.7 Å². The van der Waals surface area contributed by atoms with Crippen molar-refractivity contribution in [3.05, 3.63) is 0 Å². The second-order valence-electron chi connectivity index (χ2n) is 6.77. The topological polar surface area (TPSA) is 41.9 Å². The number of ether oxygens (including phenoxy) is 2. The summed E-state index contributed by atoms with van der Waals surface area (Å²) in [4.78, 5) is 2.43. The van der Waals surface area contributed by atoms with Crippen LogP contribution in [0.2, 0.25) is 0 Å². The Morgan fingerprint density at radius 3 is 2.21 bits per heavy atom. The summed E-state index contributed by atoms with van der Waals surface area (Å²) in [5.74, 6) is -0.268. The van der Waals surface area contributed by atoms with E-state index in [9.17, 15) is 5.11 Å². The lowest BCUT2D eigenvalue weighted by atomic mass is 9.87. The van der Waals surface area contributed by atoms with Crippen LogP contribution < -0.4 is 0 Å². The Morgan fingerprint density at radius 1 is 1.05 bits per heavy atom. The van der Waals surface area contributed by atoms with Crippen LogP contribution in [0.1, 0.15) is 51.9 Å². The fourth-order valence-electron chi connectivity index (χ4n) is 4.26. The van der Waals surface area contributed by atoms with Gasteiger partial charge in [0.1, 0.15) is 0 Å². The third kappa shape index (κ3) is 2.56. The Labute approximate surface area is 116 Å². The Balaban J connectivity index is 1.59. The molecule has 2 aliphatic carbocycles. The maximum atomic E-state index is 10.5. The largest absolute Gasteiger partial charge is 0.389 e. The smallest absolute Gasteiger partial charge is 0.168 e. The number of rotatable bonds is 2. The van der Waals surface area contributed by atoms with Crippen LogP contribution in [0, 0.1) is 0 Å². The molecule has 2 unspecified atom stereocenters. The highest BCUT2D eigenvalue weighted by atomic mass is 16.7. The molecular weight excluding hydrogens is 242 g/mol. The zero-order valence-corrected chi connectivity index (χ0v) is 12.2. The number of hydrogen-bond acceptors (Lipinski definition) is 4. The summed E-state index contributed by atoms with van der Waals surface area (Å²) in [5.41, 5.74) is -0.510. The highest BCUT2D eigenvalue weighted by molar-refractivity contribution is 4.97. The normalized spacial score (nSPS) is 39.5. The van der Waals surface area contributed by atoms with E-state index < -0.39 is 5.60 Å². The van der Waals surface area contributed by atoms with E-state index in [4.69, 9.17) is 9.47 Å². The van der Waals surface area contributed by atoms with Gasteiger partial charge in [0.05, 0.1) is 18.8 Å². The average Bonchev–Trinajstić information content (AvgIpc) is 2.96. The molecule has 0 aromatic rings. The minimum atomic E-state index is -0.510. The van der Waals surface area contributed by atoms with Crippen molar-refractivity contribution in [2.45, 2.75) is 75.3 Å². The van der Waals surface area contributed by atoms with E-state index in [0.29, 0.717) is 12.1 Å². The Morgan fingerprint density at radius 2 is 1.68 bits per heavy atom. The lowest BCUT2D eigenvalue weighted by molar-refractivity contribution is -0.185. The summed E-state index contributed by atoms with van der Waals surface area (Å²) in [5, 5.41) is 10.5. The molecule has 3 rings (SSSR count). The molecule has 1 saturated heterocycles. The lowest BCUT2D eigenvalue weighted by Crippen LogP contribution is -2.52. The van der Waals surface area contributed by atoms with Crippen molar-refractivity contribution in [3.63, 3.8) is 0 Å². The first-order valence-electron chi connectivity index (χ1n) is 7.75. The van der Waals surface area contributed by atoms with Crippen LogP contribution in [0.15, 0.2) is 0 Å². The standard InChI is InChI=1S/C15H27NO3/c1-14(17)7-3-4-13(14)16(2)12-5-8-15(9-6-12)18-10-11-19-15/h12-13,17H,3-11H2,1-2H3. The van der Waals surface area contributed by atoms with Gasteiger partial charge in [0.2, 0.25) is 0 Å². The molecule has 0 aromatic heterocycles. The molecule has 4 nitrogen and oxygen atoms in total. The Bertz CT molecular complexity index is 315. The van der Waals surface area contributed by atoms with Gasteiger partial charge in [-0.1, -0.05) is 0 Å². The average molecular weight is 269 g/mol. The minimum absolute atomic E-state index is 0.268. The predicted molar refractivity (Wildman–Crippen MR) is 72.9 cm³/mol. The molecule has 4 heteroatoms. The number of nitrogens with zero attached hydrogens (tertiary/aromatic N) is 1. The van der Waals surface area contributed by atoms with Crippen LogP contribution in [0.5, 0.6) is 0 Å². The van der Waals surface area contributed by atoms with E-state index in [2.05, 4.69) is 11.9 Å². The van der Waals surface area contributed by atoms with E-state index in [-0.39, 0.29) is 5.79 Å². The number of likely N-dealkylation sites (N-methyl/N-ethyl adjacent to an activating group) is 1. The second kappa shape index (κ2) is 4.99. The number of aliphatic hydroxyl groups is 1. The fraction of sp³-hybridized carbons (Fsp3) is 1.00. The Kier molecular flexibility index (Phi) is 3.63. The van der Waals surface area contributed by atoms with Crippen LogP contribution in [0.3, 0.4) is 0 Å². The summed E-state index contributed by atoms with van der Waals surface area (Å²) >= 11 is 0. The molecule has 19 heavy (non-hydrogen) atoms. The first-order chi connectivity index (χ1) is 9.03. The fourth-order valence-corrected chi connectivity index (χ4v) is 4.26. The van der Waals surface area contributed by atoms with Gasteiger partial charge in [0.25, 0.3) is 0 Å². The van der Waals surface area contributed by atoms with Gasteiger partial charge < -0.3 is 14.6 Å². The molecule has 3 fully saturated rings. The Hall–Kier alpha value is -0.160. The SMILES string of the molecule is CN(C1CCC2(CC1)OCCO2)C1CCCC1(C)O. The van der Waals surface area contributed by atoms with Crippen molar-refractivity contribution in [1.82, 2.24) is 4.90 Å². The van der Waals surface area contributed by atoms with E-state index in [1.54, 1.807) is 0 Å². The van der Waals surface area contributed by atoms with Crippen LogP contribution >= 0.6 is 0 Å². The molecule has 0 bridgehead atoms. The maximum absolute atomic E-state index is 10.5. The van der Waals surface area contributed by atoms with Crippen molar-refractivity contribution < 1.29 is 14.6 Å². The van der Waals surface area contributed by atoms with Crippen molar-refractivity contribution in [1.29, 1.82) is 0 Å². The summed E-state index contributed by atoms with van der Waals surface area (Å²) < 4.78 is 11.6. The predicted octanol–water partition coefficient (Wildman–Crippen LogP) is 1.91. The van der Waals surface area contributed by atoms with Gasteiger partial charge in [-0.15, -0.1) is 0 Å². The zero-order valence-electron chi connectivity index (χ0n) is 12.2. The monoisotopic (exact) mass is 269 g/mol. The van der Waals surface area contributed by atoms with Gasteiger partial charge in [-0.25, -0.2) is 0 Å². The van der Waals surface area contributed by atoms with E-state index >= 15 is 0 Å². The molecule has 110 valence electrons. The van der Waals surface area contributed by atoms with Crippen LogP contribution in [0.4, 0.5) is 0 Å². The second-order valence-corrected chi connectivity index (χ2v) is 6.77. The third-order valence-electron chi connectivity index (χ3n) is 5.48. The minimum Gasteiger partial charge on any atom is -0.389 e. The lowest BCUT2D eigenvalue weighted by Gasteiger charge is -2.43. The van der Waals surface area contributed by atoms with Crippen LogP contribution in [0.25, 0.3) is 0 Å². The summed E-state index contributed by atoms with van der Waals surface area (Å²) in [6.45, 7) is 3.49. The quantitative estimate of drug-likeness (QED) is 0.831. The molecule has 1 spiro atoms. The van der Waals surface area contributed by atoms with Gasteiger partial charge in [-0.05, 0) is 46.1 Å². The van der Waals surface area contributed by atoms with Gasteiger partial charge in [-0.2, -0.15) is 0 Å². The molecule has 2 atom stereocenters. The first-order valence-corrected chi connectivity index (χ1v) is 7.75. The van der Waals surface area contributed by atoms with Gasteiger partial charge in [-0.3, -0.25) is 4.90 Å². The summed E-state index contributed by atoms with van der Waals surface area (Å²) in [7, 11) is 2.18. The third-order valence-corrected chi connectivity index (χ3v) is 5.48. The van der Waals surface area contributed by atoms with E-state index in [0.717, 1.165) is 58.2 Å². The summed E-state index contributed by atoms with van der Waals surface area (Å²) in [6.07, 6.45) is 7.42. The molecule has 1 heterocycles. The van der Waals surface area contributed by atoms with Crippen molar-refractivity contribution in [3.8, 4) is 0 Å². The first kappa shape index (κ1) is 13.8. The molecule has 2 saturated carbocycles. The molecule has 0 radical (unpaired) electrons. The highest BCUT2D eigenvalue weighted by Crippen LogP contribution is 2.40. The van der Waals surface area contributed by atoms with E-state index in [1.807, 2.05) is 6.92 Å². The van der Waals surface area contributed by atoms with Crippen molar-refractivity contribution >= 4 is 0 Å². The number of hydrogen-bond donors (Lipinski definition) is 1.